The highest BCUT2D eigenvalue weighted by atomic mass is 16.2. The lowest BCUT2D eigenvalue weighted by Gasteiger charge is -2.17. The van der Waals surface area contributed by atoms with E-state index < -0.39 is 12.1 Å². The Labute approximate surface area is 172 Å². The molecular weight excluding hydrogens is 364 g/mol. The van der Waals surface area contributed by atoms with Gasteiger partial charge >= 0.3 is 6.03 Å². The van der Waals surface area contributed by atoms with Gasteiger partial charge < -0.3 is 10.6 Å². The molecule has 1 aliphatic rings. The third kappa shape index (κ3) is 5.89. The normalized spacial score (nSPS) is 15.1. The lowest BCUT2D eigenvalue weighted by Crippen LogP contribution is -2.47. The number of nitrogens with one attached hydrogen (secondary N) is 3. The molecule has 0 spiro atoms. The van der Waals surface area contributed by atoms with Crippen LogP contribution in [-0.4, -0.2) is 43.0 Å². The number of rotatable bonds is 7. The largest absolute Gasteiger partial charge is 0.341 e. The van der Waals surface area contributed by atoms with Crippen molar-refractivity contribution in [1.29, 1.82) is 0 Å². The zero-order chi connectivity index (χ0) is 20.6. The van der Waals surface area contributed by atoms with E-state index in [9.17, 15) is 9.59 Å². The molecule has 3 N–H and O–H groups in total. The Hall–Kier alpha value is -2.70. The van der Waals surface area contributed by atoms with Gasteiger partial charge in [0.15, 0.2) is 0 Å². The predicted molar refractivity (Wildman–Crippen MR) is 115 cm³/mol. The van der Waals surface area contributed by atoms with Crippen LogP contribution in [0, 0.1) is 0 Å². The van der Waals surface area contributed by atoms with Gasteiger partial charge in [0.05, 0.1) is 6.04 Å². The third-order valence-corrected chi connectivity index (χ3v) is 5.34. The minimum atomic E-state index is -0.502. The first-order chi connectivity index (χ1) is 14.1. The smallest absolute Gasteiger partial charge is 0.321 e. The molecule has 0 aromatic heterocycles. The van der Waals surface area contributed by atoms with E-state index in [4.69, 9.17) is 0 Å². The second kappa shape index (κ2) is 10.2. The molecule has 6 heteroatoms. The Morgan fingerprint density at radius 3 is 2.41 bits per heavy atom. The maximum atomic E-state index is 12.0. The van der Waals surface area contributed by atoms with Crippen LogP contribution in [0.3, 0.4) is 0 Å². The summed E-state index contributed by atoms with van der Waals surface area (Å²) in [7, 11) is 1.48. The molecule has 3 rings (SSSR count). The van der Waals surface area contributed by atoms with Crippen LogP contribution in [0.4, 0.5) is 4.79 Å². The van der Waals surface area contributed by atoms with Crippen molar-refractivity contribution in [2.24, 2.45) is 0 Å². The Kier molecular flexibility index (Phi) is 7.38. The lowest BCUT2D eigenvalue weighted by atomic mass is 9.98. The summed E-state index contributed by atoms with van der Waals surface area (Å²) in [6.07, 6.45) is 2.61. The van der Waals surface area contributed by atoms with E-state index in [0.717, 1.165) is 23.2 Å². The minimum Gasteiger partial charge on any atom is -0.341 e. The van der Waals surface area contributed by atoms with Gasteiger partial charge in [-0.1, -0.05) is 48.5 Å². The van der Waals surface area contributed by atoms with Crippen molar-refractivity contribution in [3.63, 3.8) is 0 Å². The average molecular weight is 395 g/mol. The molecule has 0 aliphatic carbocycles. The maximum absolute atomic E-state index is 12.0. The summed E-state index contributed by atoms with van der Waals surface area (Å²) in [5, 5.41) is 7.87. The molecule has 6 nitrogen and oxygen atoms in total. The lowest BCUT2D eigenvalue weighted by molar-refractivity contribution is -0.121. The number of hydrogen-bond acceptors (Lipinski definition) is 4. The van der Waals surface area contributed by atoms with Crippen LogP contribution in [0.15, 0.2) is 48.5 Å². The standard InChI is InChI=1S/C23H30N4O2/c1-17(22(28)26-23(29)24-2)25-15-20-7-3-4-8-21(20)19-11-9-18(10-12-19)16-27-13-5-6-14-27/h3-4,7-12,17,25H,5-6,13-16H2,1-2H3,(H2,24,26,28,29). The van der Waals surface area contributed by atoms with Gasteiger partial charge in [0.1, 0.15) is 0 Å². The molecule has 29 heavy (non-hydrogen) atoms. The Bertz CT molecular complexity index is 829. The fraction of sp³-hybridized carbons (Fsp3) is 0.391. The topological polar surface area (TPSA) is 73.5 Å². The van der Waals surface area contributed by atoms with E-state index in [1.807, 2.05) is 12.1 Å². The van der Waals surface area contributed by atoms with E-state index >= 15 is 0 Å². The Morgan fingerprint density at radius 1 is 1.03 bits per heavy atom. The number of likely N-dealkylation sites (tertiary alicyclic amines) is 1. The summed E-state index contributed by atoms with van der Waals surface area (Å²) in [6, 6.07) is 16.0. The molecule has 0 radical (unpaired) electrons. The van der Waals surface area contributed by atoms with Gasteiger partial charge in [0.25, 0.3) is 0 Å². The Morgan fingerprint density at radius 2 is 1.72 bits per heavy atom. The molecule has 1 saturated heterocycles. The second-order valence-corrected chi connectivity index (χ2v) is 7.51. The van der Waals surface area contributed by atoms with Crippen molar-refractivity contribution in [3.8, 4) is 11.1 Å². The number of amides is 3. The minimum absolute atomic E-state index is 0.354. The highest BCUT2D eigenvalue weighted by Gasteiger charge is 2.15. The van der Waals surface area contributed by atoms with Crippen molar-refractivity contribution in [1.82, 2.24) is 20.9 Å². The molecule has 1 aliphatic heterocycles. The van der Waals surface area contributed by atoms with Crippen LogP contribution in [0.2, 0.25) is 0 Å². The van der Waals surface area contributed by atoms with Crippen molar-refractivity contribution in [2.75, 3.05) is 20.1 Å². The molecule has 1 unspecified atom stereocenters. The summed E-state index contributed by atoms with van der Waals surface area (Å²) in [6.45, 7) is 5.69. The van der Waals surface area contributed by atoms with Gasteiger partial charge in [0, 0.05) is 20.1 Å². The van der Waals surface area contributed by atoms with Gasteiger partial charge in [-0.15, -0.1) is 0 Å². The van der Waals surface area contributed by atoms with E-state index in [1.54, 1.807) is 6.92 Å². The fourth-order valence-corrected chi connectivity index (χ4v) is 3.58. The van der Waals surface area contributed by atoms with Crippen LogP contribution in [0.1, 0.15) is 30.9 Å². The van der Waals surface area contributed by atoms with Gasteiger partial charge in [0.2, 0.25) is 5.91 Å². The highest BCUT2D eigenvalue weighted by molar-refractivity contribution is 5.96. The zero-order valence-electron chi connectivity index (χ0n) is 17.2. The second-order valence-electron chi connectivity index (χ2n) is 7.51. The molecular formula is C23H30N4O2. The summed E-state index contributed by atoms with van der Waals surface area (Å²) in [5.74, 6) is -0.354. The maximum Gasteiger partial charge on any atom is 0.321 e. The number of hydrogen-bond donors (Lipinski definition) is 3. The van der Waals surface area contributed by atoms with Crippen molar-refractivity contribution >= 4 is 11.9 Å². The molecule has 3 amide bonds. The number of carbonyl (C=O) groups excluding carboxylic acids is 2. The molecule has 2 aromatic carbocycles. The Balaban J connectivity index is 1.64. The molecule has 2 aromatic rings. The van der Waals surface area contributed by atoms with Crippen LogP contribution in [0.5, 0.6) is 0 Å². The predicted octanol–water partition coefficient (Wildman–Crippen LogP) is 2.88. The van der Waals surface area contributed by atoms with Gasteiger partial charge in [-0.2, -0.15) is 0 Å². The van der Waals surface area contributed by atoms with E-state index in [-0.39, 0.29) is 5.91 Å². The monoisotopic (exact) mass is 394 g/mol. The summed E-state index contributed by atoms with van der Waals surface area (Å²) in [5.41, 5.74) is 4.76. The van der Waals surface area contributed by atoms with E-state index in [2.05, 4.69) is 57.2 Å². The van der Waals surface area contributed by atoms with Crippen LogP contribution >= 0.6 is 0 Å². The summed E-state index contributed by atoms with van der Waals surface area (Å²) in [4.78, 5) is 25.8. The number of nitrogens with zero attached hydrogens (tertiary/aromatic N) is 1. The van der Waals surface area contributed by atoms with Crippen LogP contribution in [-0.2, 0) is 17.9 Å². The van der Waals surface area contributed by atoms with Crippen molar-refractivity contribution < 1.29 is 9.59 Å². The van der Waals surface area contributed by atoms with Gasteiger partial charge in [-0.3, -0.25) is 15.0 Å². The molecule has 0 saturated carbocycles. The summed E-state index contributed by atoms with van der Waals surface area (Å²) < 4.78 is 0. The number of benzene rings is 2. The fourth-order valence-electron chi connectivity index (χ4n) is 3.58. The van der Waals surface area contributed by atoms with Crippen LogP contribution < -0.4 is 16.0 Å². The van der Waals surface area contributed by atoms with Gasteiger partial charge in [-0.05, 0) is 55.1 Å². The zero-order valence-corrected chi connectivity index (χ0v) is 17.2. The van der Waals surface area contributed by atoms with E-state index in [1.165, 1.54) is 38.5 Å². The number of imide groups is 1. The first-order valence-corrected chi connectivity index (χ1v) is 10.2. The quantitative estimate of drug-likeness (QED) is 0.675. The first kappa shape index (κ1) is 21.0. The van der Waals surface area contributed by atoms with Crippen LogP contribution in [0.25, 0.3) is 11.1 Å². The SMILES string of the molecule is CNC(=O)NC(=O)C(C)NCc1ccccc1-c1ccc(CN2CCCC2)cc1. The average Bonchev–Trinajstić information content (AvgIpc) is 3.25. The highest BCUT2D eigenvalue weighted by Crippen LogP contribution is 2.25. The third-order valence-electron chi connectivity index (χ3n) is 5.34. The molecule has 1 atom stereocenters. The first-order valence-electron chi connectivity index (χ1n) is 10.2. The summed E-state index contributed by atoms with van der Waals surface area (Å²) >= 11 is 0. The van der Waals surface area contributed by atoms with E-state index in [0.29, 0.717) is 6.54 Å². The van der Waals surface area contributed by atoms with Gasteiger partial charge in [-0.25, -0.2) is 4.79 Å². The molecule has 154 valence electrons. The molecule has 1 heterocycles. The van der Waals surface area contributed by atoms with Crippen molar-refractivity contribution in [3.05, 3.63) is 59.7 Å². The number of urea groups is 1. The number of carbonyl (C=O) groups is 2. The van der Waals surface area contributed by atoms with Crippen molar-refractivity contribution in [2.45, 2.75) is 38.9 Å². The molecule has 0 bridgehead atoms. The molecule has 1 fully saturated rings.